The van der Waals surface area contributed by atoms with Crippen LogP contribution in [0.4, 0.5) is 0 Å². The molecule has 0 spiro atoms. The Morgan fingerprint density at radius 2 is 1.74 bits per heavy atom. The van der Waals surface area contributed by atoms with E-state index in [2.05, 4.69) is 10.2 Å². The van der Waals surface area contributed by atoms with E-state index < -0.39 is 0 Å². The molecule has 94 valence electrons. The number of benzene rings is 2. The van der Waals surface area contributed by atoms with Crippen LogP contribution in [0.15, 0.2) is 42.5 Å². The van der Waals surface area contributed by atoms with Crippen LogP contribution in [0.1, 0.15) is 0 Å². The lowest BCUT2D eigenvalue weighted by Gasteiger charge is -2.07. The zero-order valence-electron chi connectivity index (χ0n) is 9.65. The monoisotopic (exact) mass is 306 g/mol. The van der Waals surface area contributed by atoms with Gasteiger partial charge in [-0.3, -0.25) is 5.10 Å². The van der Waals surface area contributed by atoms with Crippen molar-refractivity contribution in [3.8, 4) is 11.3 Å². The van der Waals surface area contributed by atoms with Crippen LogP contribution in [0.3, 0.4) is 0 Å². The molecule has 0 radical (unpaired) electrons. The predicted molar refractivity (Wildman–Crippen MR) is 82.4 cm³/mol. The highest BCUT2D eigenvalue weighted by Crippen LogP contribution is 2.33. The Hall–Kier alpha value is -1.42. The van der Waals surface area contributed by atoms with Crippen LogP contribution in [0.5, 0.6) is 0 Å². The van der Waals surface area contributed by atoms with Gasteiger partial charge in [-0.15, -0.1) is 0 Å². The highest BCUT2D eigenvalue weighted by atomic mass is 35.5. The van der Waals surface area contributed by atoms with E-state index in [1.807, 2.05) is 30.3 Å². The van der Waals surface area contributed by atoms with Crippen molar-refractivity contribution in [3.05, 3.63) is 57.2 Å². The Labute approximate surface area is 125 Å². The van der Waals surface area contributed by atoms with Crippen molar-refractivity contribution in [3.63, 3.8) is 0 Å². The van der Waals surface area contributed by atoms with E-state index in [4.69, 9.17) is 35.4 Å². The first-order chi connectivity index (χ1) is 9.16. The Bertz CT molecular complexity index is 827. The summed E-state index contributed by atoms with van der Waals surface area (Å²) in [7, 11) is 0. The minimum absolute atomic E-state index is 0.565. The van der Waals surface area contributed by atoms with Crippen LogP contribution in [0.2, 0.25) is 10.0 Å². The van der Waals surface area contributed by atoms with Crippen LogP contribution in [0.25, 0.3) is 22.0 Å². The van der Waals surface area contributed by atoms with Gasteiger partial charge in [-0.1, -0.05) is 59.7 Å². The number of aromatic nitrogens is 2. The molecule has 0 amide bonds. The number of rotatable bonds is 1. The van der Waals surface area contributed by atoms with Crippen LogP contribution in [-0.4, -0.2) is 10.2 Å². The molecular formula is C14H8Cl2N2S. The smallest absolute Gasteiger partial charge is 0.127 e. The quantitative estimate of drug-likeness (QED) is 0.621. The SMILES string of the molecule is S=c1[nH]nc(-c2ccc(Cl)cc2Cl)c2ccccc12. The molecule has 1 heterocycles. The van der Waals surface area contributed by atoms with E-state index in [1.165, 1.54) is 0 Å². The van der Waals surface area contributed by atoms with Gasteiger partial charge in [0.1, 0.15) is 4.64 Å². The van der Waals surface area contributed by atoms with Crippen molar-refractivity contribution in [1.29, 1.82) is 0 Å². The van der Waals surface area contributed by atoms with Crippen LogP contribution < -0.4 is 0 Å². The highest BCUT2D eigenvalue weighted by molar-refractivity contribution is 7.71. The highest BCUT2D eigenvalue weighted by Gasteiger charge is 2.10. The first-order valence-electron chi connectivity index (χ1n) is 5.59. The zero-order valence-corrected chi connectivity index (χ0v) is 12.0. The molecular weight excluding hydrogens is 299 g/mol. The minimum Gasteiger partial charge on any atom is -0.267 e. The third kappa shape index (κ3) is 2.25. The number of fused-ring (bicyclic) bond motifs is 1. The van der Waals surface area contributed by atoms with Gasteiger partial charge in [0, 0.05) is 21.4 Å². The van der Waals surface area contributed by atoms with Crippen LogP contribution in [0, 0.1) is 4.64 Å². The summed E-state index contributed by atoms with van der Waals surface area (Å²) >= 11 is 17.4. The minimum atomic E-state index is 0.565. The summed E-state index contributed by atoms with van der Waals surface area (Å²) in [6.45, 7) is 0. The van der Waals surface area contributed by atoms with E-state index in [0.29, 0.717) is 14.7 Å². The van der Waals surface area contributed by atoms with Crippen LogP contribution >= 0.6 is 35.4 Å². The molecule has 3 aromatic rings. The molecule has 0 unspecified atom stereocenters. The molecule has 1 aromatic heterocycles. The maximum Gasteiger partial charge on any atom is 0.127 e. The van der Waals surface area contributed by atoms with Crippen LogP contribution in [-0.2, 0) is 0 Å². The predicted octanol–water partition coefficient (Wildman–Crippen LogP) is 5.27. The molecule has 5 heteroatoms. The molecule has 0 bridgehead atoms. The maximum atomic E-state index is 6.24. The third-order valence-corrected chi connectivity index (χ3v) is 3.74. The number of hydrogen-bond acceptors (Lipinski definition) is 2. The first kappa shape index (κ1) is 12.6. The summed E-state index contributed by atoms with van der Waals surface area (Å²) < 4.78 is 0.615. The summed E-state index contributed by atoms with van der Waals surface area (Å²) in [5.74, 6) is 0. The summed E-state index contributed by atoms with van der Waals surface area (Å²) in [5, 5.41) is 10.3. The zero-order chi connectivity index (χ0) is 13.4. The molecule has 0 fully saturated rings. The average Bonchev–Trinajstić information content (AvgIpc) is 2.41. The van der Waals surface area contributed by atoms with Gasteiger partial charge in [-0.25, -0.2) is 0 Å². The van der Waals surface area contributed by atoms with Crippen molar-refractivity contribution in [2.45, 2.75) is 0 Å². The molecule has 2 nitrogen and oxygen atoms in total. The first-order valence-corrected chi connectivity index (χ1v) is 6.76. The van der Waals surface area contributed by atoms with Gasteiger partial charge in [0.25, 0.3) is 0 Å². The summed E-state index contributed by atoms with van der Waals surface area (Å²) in [4.78, 5) is 0. The average molecular weight is 307 g/mol. The van der Waals surface area contributed by atoms with E-state index >= 15 is 0 Å². The van der Waals surface area contributed by atoms with Gasteiger partial charge in [-0.05, 0) is 18.2 Å². The summed E-state index contributed by atoms with van der Waals surface area (Å²) in [6.07, 6.45) is 0. The lowest BCUT2D eigenvalue weighted by Crippen LogP contribution is -1.91. The van der Waals surface area contributed by atoms with Crippen molar-refractivity contribution in [2.24, 2.45) is 0 Å². The number of halogens is 2. The summed E-state index contributed by atoms with van der Waals surface area (Å²) in [6, 6.07) is 13.2. The molecule has 3 rings (SSSR count). The number of nitrogens with one attached hydrogen (secondary N) is 1. The number of H-pyrrole nitrogens is 1. The molecule has 0 aliphatic carbocycles. The fourth-order valence-electron chi connectivity index (χ4n) is 2.00. The lowest BCUT2D eigenvalue weighted by molar-refractivity contribution is 1.04. The topological polar surface area (TPSA) is 28.7 Å². The molecule has 19 heavy (non-hydrogen) atoms. The van der Waals surface area contributed by atoms with Crippen molar-refractivity contribution in [1.82, 2.24) is 10.2 Å². The molecule has 0 aliphatic heterocycles. The van der Waals surface area contributed by atoms with E-state index in [1.54, 1.807) is 12.1 Å². The Kier molecular flexibility index (Phi) is 3.27. The molecule has 0 saturated heterocycles. The largest absolute Gasteiger partial charge is 0.267 e. The lowest BCUT2D eigenvalue weighted by atomic mass is 10.1. The number of hydrogen-bond donors (Lipinski definition) is 1. The van der Waals surface area contributed by atoms with Crippen molar-refractivity contribution >= 4 is 46.2 Å². The van der Waals surface area contributed by atoms with Crippen molar-refractivity contribution < 1.29 is 0 Å². The number of aromatic amines is 1. The normalized spacial score (nSPS) is 10.8. The Balaban J connectivity index is 2.37. The molecule has 0 saturated carbocycles. The van der Waals surface area contributed by atoms with E-state index in [0.717, 1.165) is 22.0 Å². The van der Waals surface area contributed by atoms with E-state index in [9.17, 15) is 0 Å². The van der Waals surface area contributed by atoms with Gasteiger partial charge in [0.2, 0.25) is 0 Å². The van der Waals surface area contributed by atoms with E-state index in [-0.39, 0.29) is 0 Å². The second kappa shape index (κ2) is 4.93. The second-order valence-electron chi connectivity index (χ2n) is 4.07. The third-order valence-electron chi connectivity index (χ3n) is 2.88. The second-order valence-corrected chi connectivity index (χ2v) is 5.32. The van der Waals surface area contributed by atoms with Crippen molar-refractivity contribution in [2.75, 3.05) is 0 Å². The molecule has 0 atom stereocenters. The maximum absolute atomic E-state index is 6.24. The Morgan fingerprint density at radius 1 is 1.00 bits per heavy atom. The molecule has 0 aliphatic rings. The Morgan fingerprint density at radius 3 is 2.47 bits per heavy atom. The van der Waals surface area contributed by atoms with Gasteiger partial charge >= 0.3 is 0 Å². The standard InChI is InChI=1S/C14H8Cl2N2S/c15-8-5-6-11(12(16)7-8)13-9-3-1-2-4-10(9)14(19)18-17-13/h1-7H,(H,18,19). The van der Waals surface area contributed by atoms with Gasteiger partial charge in [-0.2, -0.15) is 5.10 Å². The number of nitrogens with zero attached hydrogens (tertiary/aromatic N) is 1. The summed E-state index contributed by atoms with van der Waals surface area (Å²) in [5.41, 5.74) is 1.60. The molecule has 1 N–H and O–H groups in total. The molecule has 2 aromatic carbocycles. The van der Waals surface area contributed by atoms with Gasteiger partial charge in [0.15, 0.2) is 0 Å². The van der Waals surface area contributed by atoms with Gasteiger partial charge in [0.05, 0.1) is 10.7 Å². The fraction of sp³-hybridized carbons (Fsp3) is 0. The fourth-order valence-corrected chi connectivity index (χ4v) is 2.72. The van der Waals surface area contributed by atoms with Gasteiger partial charge < -0.3 is 0 Å².